The Labute approximate surface area is 143 Å². The maximum absolute atomic E-state index is 12.3. The Balaban J connectivity index is 1.83. The molecule has 24 heavy (non-hydrogen) atoms. The zero-order chi connectivity index (χ0) is 17.4. The molecule has 9 heteroatoms. The molecule has 0 atom stereocenters. The Kier molecular flexibility index (Phi) is 6.74. The van der Waals surface area contributed by atoms with E-state index in [0.717, 1.165) is 10.6 Å². The van der Waals surface area contributed by atoms with Gasteiger partial charge in [-0.1, -0.05) is 11.3 Å². The van der Waals surface area contributed by atoms with Crippen LogP contribution in [0.25, 0.3) is 0 Å². The molecule has 2 amide bonds. The van der Waals surface area contributed by atoms with E-state index in [2.05, 4.69) is 20.3 Å². The summed E-state index contributed by atoms with van der Waals surface area (Å²) in [6, 6.07) is 1.58. The summed E-state index contributed by atoms with van der Waals surface area (Å²) in [6.45, 7) is 2.92. The van der Waals surface area contributed by atoms with Crippen LogP contribution in [0.1, 0.15) is 30.3 Å². The van der Waals surface area contributed by atoms with E-state index in [4.69, 9.17) is 4.42 Å². The van der Waals surface area contributed by atoms with Gasteiger partial charge in [0.15, 0.2) is 0 Å². The van der Waals surface area contributed by atoms with E-state index in [1.165, 1.54) is 18.4 Å². The molecular formula is C15H20N4O4S. The number of anilines is 1. The average Bonchev–Trinajstić information content (AvgIpc) is 3.24. The largest absolute Gasteiger partial charge is 0.472 e. The maximum atomic E-state index is 12.3. The molecule has 2 rings (SSSR count). The number of methoxy groups -OCH3 is 1. The minimum Gasteiger partial charge on any atom is -0.472 e. The van der Waals surface area contributed by atoms with Gasteiger partial charge in [0, 0.05) is 24.9 Å². The van der Waals surface area contributed by atoms with Crippen LogP contribution in [0.5, 0.6) is 0 Å². The first kappa shape index (κ1) is 17.9. The van der Waals surface area contributed by atoms with E-state index in [0.29, 0.717) is 37.5 Å². The second-order valence-electron chi connectivity index (χ2n) is 5.01. The summed E-state index contributed by atoms with van der Waals surface area (Å²) < 4.78 is 9.60. The normalized spacial score (nSPS) is 10.4. The molecule has 1 N–H and O–H groups in total. The van der Waals surface area contributed by atoms with Gasteiger partial charge in [-0.05, 0) is 19.4 Å². The fourth-order valence-electron chi connectivity index (χ4n) is 1.99. The fourth-order valence-corrected chi connectivity index (χ4v) is 2.76. The van der Waals surface area contributed by atoms with E-state index in [-0.39, 0.29) is 12.0 Å². The SMILES string of the molecule is CCN(Cc1ccoc1)C(=O)Nc1nnc(CCCC(=O)OC)s1. The van der Waals surface area contributed by atoms with Gasteiger partial charge in [0.2, 0.25) is 5.13 Å². The number of urea groups is 1. The van der Waals surface area contributed by atoms with Crippen LogP contribution in [0, 0.1) is 0 Å². The van der Waals surface area contributed by atoms with Crippen molar-refractivity contribution in [1.82, 2.24) is 15.1 Å². The molecule has 8 nitrogen and oxygen atoms in total. The van der Waals surface area contributed by atoms with E-state index in [1.54, 1.807) is 17.4 Å². The van der Waals surface area contributed by atoms with Crippen molar-refractivity contribution in [2.75, 3.05) is 19.0 Å². The smallest absolute Gasteiger partial charge is 0.323 e. The molecular weight excluding hydrogens is 332 g/mol. The molecule has 2 aromatic heterocycles. The van der Waals surface area contributed by atoms with Crippen molar-refractivity contribution in [1.29, 1.82) is 0 Å². The average molecular weight is 352 g/mol. The number of nitrogens with one attached hydrogen (secondary N) is 1. The number of rotatable bonds is 8. The first-order valence-corrected chi connectivity index (χ1v) is 8.40. The van der Waals surface area contributed by atoms with Crippen molar-refractivity contribution in [2.45, 2.75) is 32.7 Å². The van der Waals surface area contributed by atoms with Crippen molar-refractivity contribution < 1.29 is 18.7 Å². The van der Waals surface area contributed by atoms with Crippen molar-refractivity contribution in [2.24, 2.45) is 0 Å². The topological polar surface area (TPSA) is 97.6 Å². The molecule has 0 spiro atoms. The van der Waals surface area contributed by atoms with Crippen LogP contribution in [-0.2, 0) is 22.5 Å². The highest BCUT2D eigenvalue weighted by molar-refractivity contribution is 7.15. The third kappa shape index (κ3) is 5.34. The summed E-state index contributed by atoms with van der Waals surface area (Å²) in [5.41, 5.74) is 0.924. The molecule has 0 aliphatic carbocycles. The van der Waals surface area contributed by atoms with Crippen LogP contribution in [0.4, 0.5) is 9.93 Å². The van der Waals surface area contributed by atoms with E-state index < -0.39 is 0 Å². The predicted molar refractivity (Wildman–Crippen MR) is 88.7 cm³/mol. The second kappa shape index (κ2) is 9.02. The number of hydrogen-bond donors (Lipinski definition) is 1. The Morgan fingerprint density at radius 2 is 2.25 bits per heavy atom. The Bertz CT molecular complexity index is 656. The lowest BCUT2D eigenvalue weighted by molar-refractivity contribution is -0.140. The molecule has 130 valence electrons. The predicted octanol–water partition coefficient (Wildman–Crippen LogP) is 2.68. The van der Waals surface area contributed by atoms with Gasteiger partial charge in [-0.25, -0.2) is 4.79 Å². The van der Waals surface area contributed by atoms with E-state index >= 15 is 0 Å². The number of carbonyl (C=O) groups is 2. The summed E-state index contributed by atoms with van der Waals surface area (Å²) in [7, 11) is 1.37. The quantitative estimate of drug-likeness (QED) is 0.734. The van der Waals surface area contributed by atoms with E-state index in [9.17, 15) is 9.59 Å². The number of carbonyl (C=O) groups excluding carboxylic acids is 2. The number of esters is 1. The van der Waals surface area contributed by atoms with Gasteiger partial charge in [0.25, 0.3) is 0 Å². The van der Waals surface area contributed by atoms with Crippen LogP contribution < -0.4 is 5.32 Å². The number of hydrogen-bond acceptors (Lipinski definition) is 7. The lowest BCUT2D eigenvalue weighted by atomic mass is 10.2. The summed E-state index contributed by atoms with van der Waals surface area (Å²) in [6.07, 6.45) is 4.78. The highest BCUT2D eigenvalue weighted by atomic mass is 32.1. The van der Waals surface area contributed by atoms with Gasteiger partial charge in [-0.2, -0.15) is 0 Å². The number of nitrogens with zero attached hydrogens (tertiary/aromatic N) is 3. The monoisotopic (exact) mass is 352 g/mol. The number of ether oxygens (including phenoxy) is 1. The van der Waals surface area contributed by atoms with Gasteiger partial charge in [0.05, 0.1) is 26.2 Å². The lowest BCUT2D eigenvalue weighted by Crippen LogP contribution is -2.34. The van der Waals surface area contributed by atoms with Gasteiger partial charge < -0.3 is 14.1 Å². The van der Waals surface area contributed by atoms with Crippen molar-refractivity contribution in [3.63, 3.8) is 0 Å². The van der Waals surface area contributed by atoms with Crippen LogP contribution in [0.15, 0.2) is 23.0 Å². The Morgan fingerprint density at radius 1 is 1.42 bits per heavy atom. The maximum Gasteiger partial charge on any atom is 0.323 e. The molecule has 2 aromatic rings. The first-order chi connectivity index (χ1) is 11.6. The van der Waals surface area contributed by atoms with Crippen LogP contribution in [0.2, 0.25) is 0 Å². The van der Waals surface area contributed by atoms with Crippen LogP contribution in [-0.4, -0.2) is 40.8 Å². The zero-order valence-electron chi connectivity index (χ0n) is 13.7. The molecule has 0 bridgehead atoms. The third-order valence-electron chi connectivity index (χ3n) is 3.30. The van der Waals surface area contributed by atoms with Crippen molar-refractivity contribution >= 4 is 28.5 Å². The number of aryl methyl sites for hydroxylation is 1. The highest BCUT2D eigenvalue weighted by Gasteiger charge is 2.15. The van der Waals surface area contributed by atoms with E-state index in [1.807, 2.05) is 13.0 Å². The molecule has 0 aromatic carbocycles. The minimum absolute atomic E-state index is 0.240. The first-order valence-electron chi connectivity index (χ1n) is 7.58. The van der Waals surface area contributed by atoms with Gasteiger partial charge in [0.1, 0.15) is 5.01 Å². The van der Waals surface area contributed by atoms with Gasteiger partial charge in [-0.15, -0.1) is 10.2 Å². The Morgan fingerprint density at radius 3 is 2.92 bits per heavy atom. The summed E-state index contributed by atoms with van der Waals surface area (Å²) in [4.78, 5) is 25.0. The minimum atomic E-state index is -0.245. The number of furan rings is 1. The van der Waals surface area contributed by atoms with Gasteiger partial charge >= 0.3 is 12.0 Å². The number of amides is 2. The molecule has 0 aliphatic rings. The summed E-state index contributed by atoms with van der Waals surface area (Å²) in [5.74, 6) is -0.245. The second-order valence-corrected chi connectivity index (χ2v) is 6.07. The molecule has 0 fully saturated rings. The van der Waals surface area contributed by atoms with Crippen molar-refractivity contribution in [3.05, 3.63) is 29.2 Å². The molecule has 0 unspecified atom stereocenters. The molecule has 0 aliphatic heterocycles. The van der Waals surface area contributed by atoms with Crippen LogP contribution >= 0.6 is 11.3 Å². The number of aromatic nitrogens is 2. The molecule has 0 saturated heterocycles. The van der Waals surface area contributed by atoms with Crippen LogP contribution in [0.3, 0.4) is 0 Å². The standard InChI is InChI=1S/C15H20N4O4S/c1-3-19(9-11-7-8-23-10-11)15(21)16-14-18-17-12(24-14)5-4-6-13(20)22-2/h7-8,10H,3-6,9H2,1-2H3,(H,16,18,21). The van der Waals surface area contributed by atoms with Crippen molar-refractivity contribution in [3.8, 4) is 0 Å². The lowest BCUT2D eigenvalue weighted by Gasteiger charge is -2.19. The summed E-state index contributed by atoms with van der Waals surface area (Å²) >= 11 is 1.30. The summed E-state index contributed by atoms with van der Waals surface area (Å²) in [5, 5.41) is 11.9. The highest BCUT2D eigenvalue weighted by Crippen LogP contribution is 2.18. The molecule has 0 radical (unpaired) electrons. The molecule has 0 saturated carbocycles. The fraction of sp³-hybridized carbons (Fsp3) is 0.467. The Hall–Kier alpha value is -2.42. The third-order valence-corrected chi connectivity index (χ3v) is 4.20. The zero-order valence-corrected chi connectivity index (χ0v) is 14.5. The van der Waals surface area contributed by atoms with Gasteiger partial charge in [-0.3, -0.25) is 10.1 Å². The molecule has 2 heterocycles.